The SMILES string of the molecule is O=C1C(=Cc2cccs2)SC(=S)N1CO. The van der Waals surface area contributed by atoms with E-state index in [0.717, 1.165) is 4.88 Å². The lowest BCUT2D eigenvalue weighted by Gasteiger charge is -2.08. The first-order chi connectivity index (χ1) is 7.22. The third kappa shape index (κ3) is 2.12. The van der Waals surface area contributed by atoms with E-state index in [9.17, 15) is 4.79 Å². The van der Waals surface area contributed by atoms with Gasteiger partial charge in [0, 0.05) is 4.88 Å². The van der Waals surface area contributed by atoms with Gasteiger partial charge in [-0.1, -0.05) is 30.0 Å². The van der Waals surface area contributed by atoms with E-state index < -0.39 is 0 Å². The third-order valence-electron chi connectivity index (χ3n) is 1.83. The molecule has 0 unspecified atom stereocenters. The van der Waals surface area contributed by atoms with Crippen LogP contribution in [0.1, 0.15) is 4.88 Å². The molecule has 1 N–H and O–H groups in total. The molecule has 3 nitrogen and oxygen atoms in total. The summed E-state index contributed by atoms with van der Waals surface area (Å²) in [6, 6.07) is 3.85. The zero-order chi connectivity index (χ0) is 10.8. The van der Waals surface area contributed by atoms with Crippen molar-refractivity contribution in [1.29, 1.82) is 0 Å². The fourth-order valence-electron chi connectivity index (χ4n) is 1.12. The molecule has 0 radical (unpaired) electrons. The number of thiophene rings is 1. The predicted octanol–water partition coefficient (Wildman–Crippen LogP) is 1.90. The number of nitrogens with zero attached hydrogens (tertiary/aromatic N) is 1. The number of rotatable bonds is 2. The summed E-state index contributed by atoms with van der Waals surface area (Å²) in [5.41, 5.74) is 0. The van der Waals surface area contributed by atoms with Crippen LogP contribution in [0.3, 0.4) is 0 Å². The van der Waals surface area contributed by atoms with Gasteiger partial charge in [0.15, 0.2) is 0 Å². The van der Waals surface area contributed by atoms with Crippen LogP contribution in [0.4, 0.5) is 0 Å². The van der Waals surface area contributed by atoms with Gasteiger partial charge in [0.1, 0.15) is 11.1 Å². The zero-order valence-corrected chi connectivity index (χ0v) is 9.99. The first-order valence-electron chi connectivity index (χ1n) is 4.12. The number of carbonyl (C=O) groups is 1. The molecule has 1 aromatic rings. The molecule has 1 amide bonds. The molecule has 0 atom stereocenters. The smallest absolute Gasteiger partial charge is 0.268 e. The van der Waals surface area contributed by atoms with Gasteiger partial charge in [-0.25, -0.2) is 0 Å². The maximum atomic E-state index is 11.7. The van der Waals surface area contributed by atoms with Gasteiger partial charge < -0.3 is 5.11 Å². The maximum Gasteiger partial charge on any atom is 0.268 e. The summed E-state index contributed by atoms with van der Waals surface area (Å²) in [5.74, 6) is -0.221. The van der Waals surface area contributed by atoms with Gasteiger partial charge in [0.05, 0.1) is 4.91 Å². The van der Waals surface area contributed by atoms with Gasteiger partial charge in [0.25, 0.3) is 5.91 Å². The van der Waals surface area contributed by atoms with Gasteiger partial charge in [-0.3, -0.25) is 9.69 Å². The number of hydrogen-bond acceptors (Lipinski definition) is 5. The summed E-state index contributed by atoms with van der Waals surface area (Å²) in [7, 11) is 0. The maximum absolute atomic E-state index is 11.7. The van der Waals surface area contributed by atoms with Crippen molar-refractivity contribution in [1.82, 2.24) is 4.90 Å². The van der Waals surface area contributed by atoms with E-state index in [1.54, 1.807) is 17.4 Å². The molecule has 0 aliphatic carbocycles. The Bertz CT molecular complexity index is 425. The molecular weight excluding hydrogens is 250 g/mol. The molecule has 2 rings (SSSR count). The van der Waals surface area contributed by atoms with Gasteiger partial charge in [0.2, 0.25) is 0 Å². The second-order valence-electron chi connectivity index (χ2n) is 2.77. The Balaban J connectivity index is 2.26. The summed E-state index contributed by atoms with van der Waals surface area (Å²) in [6.07, 6.45) is 1.79. The molecule has 15 heavy (non-hydrogen) atoms. The van der Waals surface area contributed by atoms with Gasteiger partial charge >= 0.3 is 0 Å². The molecule has 1 saturated heterocycles. The normalized spacial score (nSPS) is 19.3. The number of aliphatic hydroxyl groups excluding tert-OH is 1. The van der Waals surface area contributed by atoms with Crippen LogP contribution in [0.25, 0.3) is 6.08 Å². The molecular formula is C9H7NO2S3. The quantitative estimate of drug-likeness (QED) is 0.649. The van der Waals surface area contributed by atoms with E-state index in [1.807, 2.05) is 17.5 Å². The highest BCUT2D eigenvalue weighted by molar-refractivity contribution is 8.26. The lowest BCUT2D eigenvalue weighted by molar-refractivity contribution is -0.124. The monoisotopic (exact) mass is 257 g/mol. The molecule has 0 saturated carbocycles. The highest BCUT2D eigenvalue weighted by atomic mass is 32.2. The Labute approximate surface area is 100 Å². The predicted molar refractivity (Wildman–Crippen MR) is 66.4 cm³/mol. The van der Waals surface area contributed by atoms with E-state index >= 15 is 0 Å². The van der Waals surface area contributed by atoms with Crippen molar-refractivity contribution in [3.8, 4) is 0 Å². The molecule has 2 heterocycles. The zero-order valence-electron chi connectivity index (χ0n) is 7.54. The van der Waals surface area contributed by atoms with Gasteiger partial charge in [-0.05, 0) is 17.5 Å². The largest absolute Gasteiger partial charge is 0.376 e. The van der Waals surface area contributed by atoms with E-state index in [4.69, 9.17) is 17.3 Å². The van der Waals surface area contributed by atoms with Gasteiger partial charge in [-0.2, -0.15) is 0 Å². The third-order valence-corrected chi connectivity index (χ3v) is 4.03. The van der Waals surface area contributed by atoms with Crippen molar-refractivity contribution in [2.24, 2.45) is 0 Å². The Morgan fingerprint density at radius 1 is 1.60 bits per heavy atom. The Kier molecular flexibility index (Phi) is 3.20. The molecule has 0 aromatic carbocycles. The van der Waals surface area contributed by atoms with Crippen LogP contribution >= 0.6 is 35.3 Å². The molecule has 1 fully saturated rings. The minimum Gasteiger partial charge on any atom is -0.376 e. The van der Waals surface area contributed by atoms with Crippen molar-refractivity contribution in [2.75, 3.05) is 6.73 Å². The summed E-state index contributed by atoms with van der Waals surface area (Å²) in [4.78, 5) is 14.4. The first-order valence-corrected chi connectivity index (χ1v) is 6.22. The lowest BCUT2D eigenvalue weighted by Crippen LogP contribution is -2.28. The second-order valence-corrected chi connectivity index (χ2v) is 5.42. The van der Waals surface area contributed by atoms with E-state index in [2.05, 4.69) is 0 Å². The Morgan fingerprint density at radius 3 is 2.93 bits per heavy atom. The van der Waals surface area contributed by atoms with Crippen LogP contribution in [0.2, 0.25) is 0 Å². The van der Waals surface area contributed by atoms with Gasteiger partial charge in [-0.15, -0.1) is 11.3 Å². The summed E-state index contributed by atoms with van der Waals surface area (Å²) < 4.78 is 0.408. The summed E-state index contributed by atoms with van der Waals surface area (Å²) in [6.45, 7) is -0.355. The molecule has 0 bridgehead atoms. The lowest BCUT2D eigenvalue weighted by atomic mass is 10.4. The topological polar surface area (TPSA) is 40.5 Å². The number of amides is 1. The van der Waals surface area contributed by atoms with Crippen molar-refractivity contribution in [3.05, 3.63) is 27.3 Å². The van der Waals surface area contributed by atoms with Crippen molar-refractivity contribution < 1.29 is 9.90 Å². The van der Waals surface area contributed by atoms with Crippen LogP contribution in [-0.4, -0.2) is 27.0 Å². The van der Waals surface area contributed by atoms with Crippen LogP contribution in [0, 0.1) is 0 Å². The molecule has 0 spiro atoms. The summed E-state index contributed by atoms with van der Waals surface area (Å²) >= 11 is 7.74. The number of hydrogen-bond donors (Lipinski definition) is 1. The molecule has 6 heteroatoms. The van der Waals surface area contributed by atoms with E-state index in [0.29, 0.717) is 9.23 Å². The Morgan fingerprint density at radius 2 is 2.40 bits per heavy atom. The highest BCUT2D eigenvalue weighted by Crippen LogP contribution is 2.32. The van der Waals surface area contributed by atoms with Crippen LogP contribution in [0.15, 0.2) is 22.4 Å². The minimum atomic E-state index is -0.355. The van der Waals surface area contributed by atoms with Crippen molar-refractivity contribution in [2.45, 2.75) is 0 Å². The van der Waals surface area contributed by atoms with Crippen molar-refractivity contribution in [3.63, 3.8) is 0 Å². The van der Waals surface area contributed by atoms with Crippen LogP contribution < -0.4 is 0 Å². The number of aliphatic hydroxyl groups is 1. The minimum absolute atomic E-state index is 0.221. The standard InChI is InChI=1S/C9H7NO2S3/c11-5-10-8(12)7(15-9(10)13)4-6-2-1-3-14-6/h1-4,11H,5H2. The average molecular weight is 257 g/mol. The fraction of sp³-hybridized carbons (Fsp3) is 0.111. The molecule has 1 aliphatic rings. The molecule has 1 aromatic heterocycles. The Hall–Kier alpha value is -0.690. The van der Waals surface area contributed by atoms with E-state index in [1.165, 1.54) is 16.7 Å². The molecule has 1 aliphatic heterocycles. The van der Waals surface area contributed by atoms with Crippen LogP contribution in [-0.2, 0) is 4.79 Å². The van der Waals surface area contributed by atoms with Crippen LogP contribution in [0.5, 0.6) is 0 Å². The molecule has 78 valence electrons. The second kappa shape index (κ2) is 4.44. The number of thiocarbonyl (C=S) groups is 1. The fourth-order valence-corrected chi connectivity index (χ4v) is 3.09. The van der Waals surface area contributed by atoms with Crippen molar-refractivity contribution >= 4 is 51.6 Å². The first kappa shape index (κ1) is 10.8. The van der Waals surface area contributed by atoms with E-state index in [-0.39, 0.29) is 12.6 Å². The highest BCUT2D eigenvalue weighted by Gasteiger charge is 2.31. The summed E-state index contributed by atoms with van der Waals surface area (Å²) in [5, 5.41) is 10.9. The number of carbonyl (C=O) groups excluding carboxylic acids is 1. The number of thioether (sulfide) groups is 1. The average Bonchev–Trinajstić information content (AvgIpc) is 2.78.